The maximum Gasteiger partial charge on any atom is 0.191 e. The number of thiazole rings is 1. The molecular weight excluding hydrogens is 318 g/mol. The minimum Gasteiger partial charge on any atom is -0.370 e. The molecule has 5 nitrogen and oxygen atoms in total. The molecule has 3 aliphatic rings. The maximum absolute atomic E-state index is 6.32. The number of guanidine groups is 1. The van der Waals surface area contributed by atoms with E-state index in [0.29, 0.717) is 17.9 Å². The number of benzene rings is 1. The molecule has 0 bridgehead atoms. The summed E-state index contributed by atoms with van der Waals surface area (Å²) in [5.74, 6) is 2.01. The second-order valence-corrected chi connectivity index (χ2v) is 7.73. The molecule has 2 aromatic rings. The Morgan fingerprint density at radius 2 is 2.04 bits per heavy atom. The molecule has 3 atom stereocenters. The fourth-order valence-corrected chi connectivity index (χ4v) is 4.92. The number of hydrogen-bond donors (Lipinski definition) is 1. The fraction of sp³-hybridized carbons (Fsp3) is 0.444. The van der Waals surface area contributed by atoms with E-state index in [0.717, 1.165) is 37.3 Å². The molecule has 2 heterocycles. The number of anilines is 1. The Bertz CT molecular complexity index is 763. The van der Waals surface area contributed by atoms with Crippen molar-refractivity contribution in [3.8, 4) is 0 Å². The van der Waals surface area contributed by atoms with Crippen molar-refractivity contribution in [3.05, 3.63) is 47.0 Å². The van der Waals surface area contributed by atoms with Gasteiger partial charge in [0, 0.05) is 43.7 Å². The van der Waals surface area contributed by atoms with Crippen molar-refractivity contribution in [2.45, 2.75) is 18.4 Å². The van der Waals surface area contributed by atoms with Gasteiger partial charge in [0.1, 0.15) is 0 Å². The first-order chi connectivity index (χ1) is 11.8. The van der Waals surface area contributed by atoms with Gasteiger partial charge in [0.15, 0.2) is 11.1 Å². The largest absolute Gasteiger partial charge is 0.370 e. The van der Waals surface area contributed by atoms with Crippen LogP contribution in [0.4, 0.5) is 5.13 Å². The highest BCUT2D eigenvalue weighted by Crippen LogP contribution is 2.58. The van der Waals surface area contributed by atoms with E-state index in [1.165, 1.54) is 17.5 Å². The van der Waals surface area contributed by atoms with Crippen LogP contribution in [0.15, 0.2) is 40.8 Å². The van der Waals surface area contributed by atoms with Gasteiger partial charge in [-0.3, -0.25) is 0 Å². The molecule has 2 N–H and O–H groups in total. The molecule has 2 fully saturated rings. The van der Waals surface area contributed by atoms with Crippen molar-refractivity contribution in [3.63, 3.8) is 0 Å². The molecule has 1 aromatic carbocycles. The zero-order chi connectivity index (χ0) is 16.1. The highest BCUT2D eigenvalue weighted by molar-refractivity contribution is 7.13. The monoisotopic (exact) mass is 339 g/mol. The standard InChI is InChI=1S/C18H21N5S/c19-17(22-6-8-23(9-7-22)18-20-5-10-24-18)21-16-14-11-12-3-1-2-4-13(12)15(14)16/h1-5,10,14-16H,6-9,11H2,(H2,19,21). The van der Waals surface area contributed by atoms with Gasteiger partial charge in [-0.2, -0.15) is 0 Å². The lowest BCUT2D eigenvalue weighted by Crippen LogP contribution is -2.51. The number of nitrogens with two attached hydrogens (primary N) is 1. The van der Waals surface area contributed by atoms with Crippen LogP contribution in [-0.4, -0.2) is 48.1 Å². The van der Waals surface area contributed by atoms with Crippen LogP contribution in [0, 0.1) is 5.92 Å². The summed E-state index contributed by atoms with van der Waals surface area (Å²) < 4.78 is 0. The lowest BCUT2D eigenvalue weighted by atomic mass is 10.1. The zero-order valence-corrected chi connectivity index (χ0v) is 14.3. The van der Waals surface area contributed by atoms with Gasteiger partial charge in [0.05, 0.1) is 6.04 Å². The minimum absolute atomic E-state index is 0.400. The van der Waals surface area contributed by atoms with Crippen LogP contribution in [0.2, 0.25) is 0 Å². The Morgan fingerprint density at radius 1 is 1.21 bits per heavy atom. The van der Waals surface area contributed by atoms with Crippen molar-refractivity contribution >= 4 is 22.4 Å². The number of fused-ring (bicyclic) bond motifs is 3. The van der Waals surface area contributed by atoms with Gasteiger partial charge < -0.3 is 15.5 Å². The quantitative estimate of drug-likeness (QED) is 0.671. The Labute approximate surface area is 145 Å². The van der Waals surface area contributed by atoms with Gasteiger partial charge in [-0.05, 0) is 23.5 Å². The Kier molecular flexibility index (Phi) is 3.26. The predicted molar refractivity (Wildman–Crippen MR) is 97.7 cm³/mol. The maximum atomic E-state index is 6.32. The van der Waals surface area contributed by atoms with Gasteiger partial charge >= 0.3 is 0 Å². The number of rotatable bonds is 2. The molecule has 0 amide bonds. The van der Waals surface area contributed by atoms with Crippen molar-refractivity contribution < 1.29 is 0 Å². The summed E-state index contributed by atoms with van der Waals surface area (Å²) in [7, 11) is 0. The van der Waals surface area contributed by atoms with Crippen LogP contribution in [-0.2, 0) is 6.42 Å². The Balaban J connectivity index is 1.23. The molecule has 1 aliphatic heterocycles. The summed E-state index contributed by atoms with van der Waals surface area (Å²) in [6.07, 6.45) is 3.03. The summed E-state index contributed by atoms with van der Waals surface area (Å²) >= 11 is 1.70. The number of nitrogens with zero attached hydrogens (tertiary/aromatic N) is 4. The van der Waals surface area contributed by atoms with E-state index in [2.05, 4.69) is 39.0 Å². The zero-order valence-electron chi connectivity index (χ0n) is 13.5. The van der Waals surface area contributed by atoms with Crippen LogP contribution < -0.4 is 10.6 Å². The molecule has 5 rings (SSSR count). The SMILES string of the molecule is NC(=NC1C2Cc3ccccc3C21)N1CCN(c2nccs2)CC1. The lowest BCUT2D eigenvalue weighted by Gasteiger charge is -2.35. The van der Waals surface area contributed by atoms with E-state index in [1.807, 2.05) is 11.6 Å². The van der Waals surface area contributed by atoms with Crippen LogP contribution in [0.25, 0.3) is 0 Å². The van der Waals surface area contributed by atoms with Gasteiger partial charge in [0.2, 0.25) is 0 Å². The first kappa shape index (κ1) is 14.3. The second-order valence-electron chi connectivity index (χ2n) is 6.86. The van der Waals surface area contributed by atoms with Crippen LogP contribution in [0.1, 0.15) is 17.0 Å². The summed E-state index contributed by atoms with van der Waals surface area (Å²) in [6, 6.07) is 9.19. The third-order valence-corrected chi connectivity index (χ3v) is 6.40. The topological polar surface area (TPSA) is 57.8 Å². The van der Waals surface area contributed by atoms with Gasteiger partial charge in [-0.15, -0.1) is 11.3 Å². The van der Waals surface area contributed by atoms with Crippen molar-refractivity contribution in [2.75, 3.05) is 31.1 Å². The number of hydrogen-bond acceptors (Lipinski definition) is 4. The van der Waals surface area contributed by atoms with E-state index in [9.17, 15) is 0 Å². The third kappa shape index (κ3) is 2.28. The molecule has 24 heavy (non-hydrogen) atoms. The van der Waals surface area contributed by atoms with Gasteiger partial charge in [0.25, 0.3) is 0 Å². The molecule has 1 aromatic heterocycles. The molecule has 1 saturated heterocycles. The predicted octanol–water partition coefficient (Wildman–Crippen LogP) is 1.92. The third-order valence-electron chi connectivity index (χ3n) is 5.57. The molecule has 3 unspecified atom stereocenters. The number of piperazine rings is 1. The molecule has 0 spiro atoms. The Morgan fingerprint density at radius 3 is 2.83 bits per heavy atom. The van der Waals surface area contributed by atoms with E-state index in [-0.39, 0.29) is 0 Å². The van der Waals surface area contributed by atoms with Crippen molar-refractivity contribution in [1.82, 2.24) is 9.88 Å². The van der Waals surface area contributed by atoms with E-state index >= 15 is 0 Å². The first-order valence-electron chi connectivity index (χ1n) is 8.62. The second kappa shape index (κ2) is 5.48. The summed E-state index contributed by atoms with van der Waals surface area (Å²) in [4.78, 5) is 13.8. The van der Waals surface area contributed by atoms with Crippen molar-refractivity contribution in [1.29, 1.82) is 0 Å². The average molecular weight is 339 g/mol. The normalized spacial score (nSPS) is 28.7. The highest BCUT2D eigenvalue weighted by Gasteiger charge is 2.56. The van der Waals surface area contributed by atoms with Gasteiger partial charge in [-0.1, -0.05) is 24.3 Å². The lowest BCUT2D eigenvalue weighted by molar-refractivity contribution is 0.380. The minimum atomic E-state index is 0.400. The van der Waals surface area contributed by atoms with Gasteiger partial charge in [-0.25, -0.2) is 9.98 Å². The summed E-state index contributed by atoms with van der Waals surface area (Å²) in [6.45, 7) is 3.77. The van der Waals surface area contributed by atoms with Crippen molar-refractivity contribution in [2.24, 2.45) is 16.6 Å². The highest BCUT2D eigenvalue weighted by atomic mass is 32.1. The van der Waals surface area contributed by atoms with Crippen LogP contribution in [0.3, 0.4) is 0 Å². The fourth-order valence-electron chi connectivity index (χ4n) is 4.23. The van der Waals surface area contributed by atoms with Crippen LogP contribution in [0.5, 0.6) is 0 Å². The first-order valence-corrected chi connectivity index (χ1v) is 9.50. The summed E-state index contributed by atoms with van der Waals surface area (Å²) in [5, 5.41) is 3.14. The molecule has 1 saturated carbocycles. The Hall–Kier alpha value is -2.08. The molecule has 6 heteroatoms. The smallest absolute Gasteiger partial charge is 0.191 e. The summed E-state index contributed by atoms with van der Waals surface area (Å²) in [5.41, 5.74) is 9.33. The molecule has 124 valence electrons. The van der Waals surface area contributed by atoms with E-state index in [1.54, 1.807) is 11.3 Å². The molecule has 0 radical (unpaired) electrons. The molecule has 2 aliphatic carbocycles. The number of aromatic nitrogens is 1. The molecular formula is C18H21N5S. The average Bonchev–Trinajstić information content (AvgIpc) is 3.02. The van der Waals surface area contributed by atoms with E-state index < -0.39 is 0 Å². The van der Waals surface area contributed by atoms with E-state index in [4.69, 9.17) is 10.7 Å². The number of aliphatic imine (C=N–C) groups is 1. The van der Waals surface area contributed by atoms with Crippen LogP contribution >= 0.6 is 11.3 Å².